The molecule has 0 aliphatic carbocycles. The zero-order valence-electron chi connectivity index (χ0n) is 24.4. The summed E-state index contributed by atoms with van der Waals surface area (Å²) < 4.78 is 7.44. The molecule has 1 radical (unpaired) electrons. The van der Waals surface area contributed by atoms with Crippen molar-refractivity contribution in [2.75, 3.05) is 0 Å². The molecule has 0 atom stereocenters. The first-order valence-electron chi connectivity index (χ1n) is 14.5. The fourth-order valence-corrected chi connectivity index (χ4v) is 6.36. The number of carbonyl (C=O) groups is 1. The van der Waals surface area contributed by atoms with Crippen LogP contribution in [0.1, 0.15) is 53.4 Å². The van der Waals surface area contributed by atoms with Crippen molar-refractivity contribution in [3.63, 3.8) is 0 Å². The summed E-state index contributed by atoms with van der Waals surface area (Å²) in [7, 11) is 0. The maximum Gasteiger partial charge on any atom is 0.162 e. The number of furan rings is 1. The van der Waals surface area contributed by atoms with Gasteiger partial charge in [-0.15, -0.1) is 17.5 Å². The van der Waals surface area contributed by atoms with E-state index in [1.54, 1.807) is 11.3 Å². The average molecular weight is 755 g/mol. The second-order valence-electron chi connectivity index (χ2n) is 10.3. The van der Waals surface area contributed by atoms with Gasteiger partial charge in [0.25, 0.3) is 0 Å². The van der Waals surface area contributed by atoms with E-state index in [2.05, 4.69) is 48.5 Å². The summed E-state index contributed by atoms with van der Waals surface area (Å²) in [5.74, 6) is 0.547. The zero-order valence-corrected chi connectivity index (χ0v) is 27.7. The molecular weight excluding hydrogens is 719 g/mol. The molecule has 0 saturated carbocycles. The van der Waals surface area contributed by atoms with Crippen LogP contribution in [0.15, 0.2) is 89.0 Å². The van der Waals surface area contributed by atoms with E-state index in [0.717, 1.165) is 74.5 Å². The average Bonchev–Trinajstić information content (AvgIpc) is 3.61. The van der Waals surface area contributed by atoms with Crippen LogP contribution >= 0.6 is 11.3 Å². The van der Waals surface area contributed by atoms with Crippen LogP contribution in [0.4, 0.5) is 0 Å². The number of rotatable bonds is 8. The van der Waals surface area contributed by atoms with Gasteiger partial charge in [0.15, 0.2) is 5.78 Å². The number of hydrogen-bond acceptors (Lipinski definition) is 5. The molecule has 0 unspecified atom stereocenters. The van der Waals surface area contributed by atoms with Gasteiger partial charge in [0.2, 0.25) is 0 Å². The summed E-state index contributed by atoms with van der Waals surface area (Å²) in [6.45, 7) is 8.07. The topological polar surface area (TPSA) is 63.3 Å². The summed E-state index contributed by atoms with van der Waals surface area (Å²) in [5, 5.41) is 15.1. The third kappa shape index (κ3) is 6.36. The minimum Gasteiger partial charge on any atom is -0.512 e. The number of allylic oxidation sites excluding steroid dienone is 2. The number of fused-ring (bicyclic) bond motifs is 6. The first-order valence-corrected chi connectivity index (χ1v) is 15.4. The van der Waals surface area contributed by atoms with Gasteiger partial charge in [-0.2, -0.15) is 11.3 Å². The van der Waals surface area contributed by atoms with E-state index in [1.807, 2.05) is 58.0 Å². The number of thiazole rings is 1. The second kappa shape index (κ2) is 14.2. The molecule has 6 rings (SSSR count). The van der Waals surface area contributed by atoms with Crippen LogP contribution in [0.5, 0.6) is 0 Å². The molecule has 6 aromatic rings. The zero-order chi connectivity index (χ0) is 28.9. The van der Waals surface area contributed by atoms with Crippen LogP contribution in [-0.4, -0.2) is 15.9 Å². The molecule has 0 aliphatic rings. The molecule has 0 saturated heterocycles. The molecule has 1 N–H and O–H groups in total. The smallest absolute Gasteiger partial charge is 0.162 e. The van der Waals surface area contributed by atoms with E-state index in [-0.39, 0.29) is 43.5 Å². The van der Waals surface area contributed by atoms with Crippen molar-refractivity contribution in [2.24, 2.45) is 11.8 Å². The first-order chi connectivity index (χ1) is 20.0. The minimum atomic E-state index is 0. The predicted molar refractivity (Wildman–Crippen MR) is 173 cm³/mol. The van der Waals surface area contributed by atoms with Gasteiger partial charge >= 0.3 is 0 Å². The maximum absolute atomic E-state index is 11.7. The molecule has 6 heteroatoms. The Kier molecular flexibility index (Phi) is 10.7. The van der Waals surface area contributed by atoms with Crippen LogP contribution in [0, 0.1) is 17.9 Å². The van der Waals surface area contributed by atoms with Crippen molar-refractivity contribution in [1.29, 1.82) is 0 Å². The molecule has 0 spiro atoms. The number of ketones is 1. The quantitative estimate of drug-likeness (QED) is 0.0955. The van der Waals surface area contributed by atoms with Gasteiger partial charge in [0, 0.05) is 42.7 Å². The number of nitrogens with zero attached hydrogens (tertiary/aromatic N) is 1. The van der Waals surface area contributed by atoms with Crippen LogP contribution in [0.2, 0.25) is 0 Å². The Morgan fingerprint density at radius 2 is 1.50 bits per heavy atom. The number of aliphatic hydroxyl groups is 1. The van der Waals surface area contributed by atoms with Gasteiger partial charge in [-0.05, 0) is 60.0 Å². The first kappa shape index (κ1) is 31.6. The van der Waals surface area contributed by atoms with Crippen LogP contribution in [0.3, 0.4) is 0 Å². The molecule has 2 aromatic heterocycles. The maximum atomic E-state index is 11.7. The number of hydrogen-bond donors (Lipinski definition) is 1. The van der Waals surface area contributed by atoms with E-state index >= 15 is 0 Å². The van der Waals surface area contributed by atoms with Crippen molar-refractivity contribution >= 4 is 60.0 Å². The van der Waals surface area contributed by atoms with Crippen LogP contribution in [0.25, 0.3) is 53.5 Å². The summed E-state index contributed by atoms with van der Waals surface area (Å²) in [6.07, 6.45) is 4.91. The Morgan fingerprint density at radius 3 is 2.19 bits per heavy atom. The molecule has 4 nitrogen and oxygen atoms in total. The number of aliphatic hydroxyl groups excluding tert-OH is 1. The molecule has 4 aromatic carbocycles. The number of para-hydroxylation sites is 2. The Bertz CT molecular complexity index is 1810. The molecule has 2 heterocycles. The van der Waals surface area contributed by atoms with Crippen molar-refractivity contribution in [3.05, 3.63) is 90.7 Å². The van der Waals surface area contributed by atoms with E-state index in [9.17, 15) is 9.90 Å². The van der Waals surface area contributed by atoms with Gasteiger partial charge in [-0.25, -0.2) is 0 Å². The Hall–Kier alpha value is -3.31. The minimum absolute atomic E-state index is 0. The van der Waals surface area contributed by atoms with E-state index in [0.29, 0.717) is 0 Å². The monoisotopic (exact) mass is 755 g/mol. The molecule has 219 valence electrons. The third-order valence-electron chi connectivity index (χ3n) is 7.87. The summed E-state index contributed by atoms with van der Waals surface area (Å²) in [4.78, 5) is 16.6. The normalized spacial score (nSPS) is 11.8. The molecule has 0 amide bonds. The molecule has 0 bridgehead atoms. The third-order valence-corrected chi connectivity index (χ3v) is 8.92. The molecule has 0 fully saturated rings. The molecule has 42 heavy (non-hydrogen) atoms. The van der Waals surface area contributed by atoms with Gasteiger partial charge in [-0.1, -0.05) is 81.8 Å². The van der Waals surface area contributed by atoms with E-state index in [4.69, 9.17) is 9.40 Å². The van der Waals surface area contributed by atoms with Crippen molar-refractivity contribution in [1.82, 2.24) is 4.98 Å². The predicted octanol–water partition coefficient (Wildman–Crippen LogP) is 10.7. The van der Waals surface area contributed by atoms with Crippen molar-refractivity contribution in [2.45, 2.75) is 53.4 Å². The standard InChI is InChI=1S/C23H12NOS.C13H24O2.Ir/c1-2-8-15-14(7-1)13-17(23-24-18-10-4-6-12-20(18)26-23)21-16-9-3-5-11-19(16)25-22(15)21;1-5-10(6-2)12(14)9-13(15)11(7-3)8-4;/h1-12H;9-11,14H,5-8H2,1-4H3;/q-1;;/b;12-9-;. The summed E-state index contributed by atoms with van der Waals surface area (Å²) in [5.41, 5.74) is 3.85. The van der Waals surface area contributed by atoms with Gasteiger partial charge in [-0.3, -0.25) is 9.78 Å². The fourth-order valence-electron chi connectivity index (χ4n) is 5.39. The largest absolute Gasteiger partial charge is 0.512 e. The van der Waals surface area contributed by atoms with Gasteiger partial charge in [0.05, 0.1) is 21.9 Å². The Labute approximate surface area is 264 Å². The molecular formula is C36H36IrNO3S-. The number of benzene rings is 4. The van der Waals surface area contributed by atoms with E-state index in [1.165, 1.54) is 10.8 Å². The SMILES string of the molecule is CCC(CC)C(=O)/C=C(\O)C(CC)CC.[Ir].[c-]1c(-c2nc3ccccc3s2)c2c3ccccc3oc2c2ccccc12. The van der Waals surface area contributed by atoms with Gasteiger partial charge in [0.1, 0.15) is 5.58 Å². The van der Waals surface area contributed by atoms with Crippen LogP contribution in [-0.2, 0) is 24.9 Å². The van der Waals surface area contributed by atoms with Crippen molar-refractivity contribution < 1.29 is 34.4 Å². The Morgan fingerprint density at radius 1 is 0.881 bits per heavy atom. The Balaban J connectivity index is 0.000000221. The van der Waals surface area contributed by atoms with Crippen molar-refractivity contribution in [3.8, 4) is 10.6 Å². The summed E-state index contributed by atoms with van der Waals surface area (Å²) >= 11 is 1.70. The molecule has 0 aliphatic heterocycles. The second-order valence-corrected chi connectivity index (χ2v) is 11.4. The number of aromatic nitrogens is 1. The van der Waals surface area contributed by atoms with E-state index < -0.39 is 0 Å². The van der Waals surface area contributed by atoms with Crippen LogP contribution < -0.4 is 0 Å². The summed E-state index contributed by atoms with van der Waals surface area (Å²) in [6, 6.07) is 28.3. The van der Waals surface area contributed by atoms with Gasteiger partial charge < -0.3 is 9.52 Å². The number of carbonyl (C=O) groups excluding carboxylic acids is 1. The fraction of sp³-hybridized carbons (Fsp3) is 0.278.